The zero-order chi connectivity index (χ0) is 18.6. The molecule has 0 spiro atoms. The number of amides is 2. The summed E-state index contributed by atoms with van der Waals surface area (Å²) in [7, 11) is 0. The van der Waals surface area contributed by atoms with Gasteiger partial charge in [-0.1, -0.05) is 48.0 Å². The number of nitrogens with one attached hydrogen (secondary N) is 1. The number of aryl methyl sites for hydroxylation is 1. The number of aromatic nitrogens is 2. The number of carbonyl (C=O) groups is 1. The highest BCUT2D eigenvalue weighted by molar-refractivity contribution is 5.74. The Morgan fingerprint density at radius 2 is 1.93 bits per heavy atom. The van der Waals surface area contributed by atoms with Gasteiger partial charge in [0, 0.05) is 25.2 Å². The molecule has 0 unspecified atom stereocenters. The van der Waals surface area contributed by atoms with Crippen molar-refractivity contribution in [2.24, 2.45) is 0 Å². The van der Waals surface area contributed by atoms with Gasteiger partial charge in [0.25, 0.3) is 0 Å². The van der Waals surface area contributed by atoms with Gasteiger partial charge in [-0.25, -0.2) is 4.79 Å². The summed E-state index contributed by atoms with van der Waals surface area (Å²) in [4.78, 5) is 14.2. The second-order valence-corrected chi connectivity index (χ2v) is 6.89. The summed E-state index contributed by atoms with van der Waals surface area (Å²) >= 11 is 0. The van der Waals surface area contributed by atoms with Gasteiger partial charge in [0.15, 0.2) is 0 Å². The van der Waals surface area contributed by atoms with E-state index in [0.29, 0.717) is 31.4 Å². The third kappa shape index (κ3) is 4.00. The predicted octanol–water partition coefficient (Wildman–Crippen LogP) is 3.74. The van der Waals surface area contributed by atoms with Crippen LogP contribution in [0.15, 0.2) is 59.0 Å². The number of benzene rings is 2. The number of urea groups is 1. The quantitative estimate of drug-likeness (QED) is 0.767. The van der Waals surface area contributed by atoms with Crippen LogP contribution in [0.5, 0.6) is 0 Å². The first-order valence-electron chi connectivity index (χ1n) is 9.16. The van der Waals surface area contributed by atoms with Crippen molar-refractivity contribution in [2.45, 2.75) is 25.8 Å². The van der Waals surface area contributed by atoms with Gasteiger partial charge in [0.1, 0.15) is 0 Å². The average Bonchev–Trinajstić information content (AvgIpc) is 3.37. The highest BCUT2D eigenvalue weighted by Gasteiger charge is 2.31. The van der Waals surface area contributed by atoms with Crippen LogP contribution in [0.3, 0.4) is 0 Å². The fraction of sp³-hybridized carbons (Fsp3) is 0.286. The number of likely N-dealkylation sites (tertiary alicyclic amines) is 1. The number of hydrogen-bond acceptors (Lipinski definition) is 4. The Morgan fingerprint density at radius 3 is 2.70 bits per heavy atom. The van der Waals surface area contributed by atoms with E-state index in [1.165, 1.54) is 5.56 Å². The Bertz CT molecular complexity index is 905. The minimum Gasteiger partial charge on any atom is -0.420 e. The molecule has 0 saturated carbocycles. The van der Waals surface area contributed by atoms with Crippen molar-refractivity contribution >= 4 is 6.03 Å². The first-order valence-corrected chi connectivity index (χ1v) is 9.16. The van der Waals surface area contributed by atoms with Gasteiger partial charge in [-0.05, 0) is 31.0 Å². The van der Waals surface area contributed by atoms with Crippen LogP contribution < -0.4 is 5.32 Å². The first-order chi connectivity index (χ1) is 13.2. The van der Waals surface area contributed by atoms with Crippen molar-refractivity contribution in [1.29, 1.82) is 0 Å². The lowest BCUT2D eigenvalue weighted by Gasteiger charge is -2.16. The molecule has 138 valence electrons. The van der Waals surface area contributed by atoms with Crippen LogP contribution in [0, 0.1) is 6.92 Å². The van der Waals surface area contributed by atoms with Crippen molar-refractivity contribution in [3.05, 3.63) is 71.6 Å². The minimum absolute atomic E-state index is 0.0559. The van der Waals surface area contributed by atoms with E-state index in [1.807, 2.05) is 66.4 Å². The van der Waals surface area contributed by atoms with Gasteiger partial charge in [-0.2, -0.15) is 0 Å². The van der Waals surface area contributed by atoms with Crippen molar-refractivity contribution in [3.63, 3.8) is 0 Å². The highest BCUT2D eigenvalue weighted by atomic mass is 16.4. The summed E-state index contributed by atoms with van der Waals surface area (Å²) in [6, 6.07) is 17.8. The van der Waals surface area contributed by atoms with Crippen LogP contribution in [0.1, 0.15) is 29.4 Å². The molecule has 2 heterocycles. The zero-order valence-electron chi connectivity index (χ0n) is 15.3. The molecule has 0 aliphatic carbocycles. The molecule has 4 rings (SSSR count). The highest BCUT2D eigenvalue weighted by Crippen LogP contribution is 2.28. The minimum atomic E-state index is -0.0559. The second kappa shape index (κ2) is 7.61. The normalized spacial score (nSPS) is 16.5. The molecule has 2 amide bonds. The Balaban J connectivity index is 1.35. The number of carbonyl (C=O) groups excluding carboxylic acids is 1. The molecule has 1 aromatic heterocycles. The second-order valence-electron chi connectivity index (χ2n) is 6.89. The Kier molecular flexibility index (Phi) is 4.87. The largest absolute Gasteiger partial charge is 0.420 e. The van der Waals surface area contributed by atoms with E-state index >= 15 is 0 Å². The van der Waals surface area contributed by atoms with E-state index in [9.17, 15) is 4.79 Å². The smallest absolute Gasteiger partial charge is 0.317 e. The van der Waals surface area contributed by atoms with E-state index in [0.717, 1.165) is 17.5 Å². The summed E-state index contributed by atoms with van der Waals surface area (Å²) in [5, 5.41) is 11.3. The predicted molar refractivity (Wildman–Crippen MR) is 102 cm³/mol. The molecule has 1 aliphatic rings. The molecule has 6 heteroatoms. The average molecular weight is 362 g/mol. The van der Waals surface area contributed by atoms with Crippen molar-refractivity contribution in [1.82, 2.24) is 20.4 Å². The lowest BCUT2D eigenvalue weighted by atomic mass is 10.1. The Hall–Kier alpha value is -3.15. The lowest BCUT2D eigenvalue weighted by Crippen LogP contribution is -2.37. The number of hydrogen-bond donors (Lipinski definition) is 1. The van der Waals surface area contributed by atoms with Crippen LogP contribution in [0.4, 0.5) is 4.79 Å². The summed E-state index contributed by atoms with van der Waals surface area (Å²) in [5.74, 6) is 1.21. The molecule has 1 saturated heterocycles. The molecular formula is C21H22N4O2. The van der Waals surface area contributed by atoms with Crippen molar-refractivity contribution in [2.75, 3.05) is 13.1 Å². The Labute approximate surface area is 158 Å². The van der Waals surface area contributed by atoms with Gasteiger partial charge < -0.3 is 14.6 Å². The maximum Gasteiger partial charge on any atom is 0.317 e. The summed E-state index contributed by atoms with van der Waals surface area (Å²) < 4.78 is 5.87. The van der Waals surface area contributed by atoms with E-state index in [4.69, 9.17) is 4.42 Å². The van der Waals surface area contributed by atoms with Crippen molar-refractivity contribution in [3.8, 4) is 11.5 Å². The molecule has 0 radical (unpaired) electrons. The molecule has 6 nitrogen and oxygen atoms in total. The van der Waals surface area contributed by atoms with Gasteiger partial charge in [0.05, 0.1) is 5.92 Å². The molecule has 1 atom stereocenters. The summed E-state index contributed by atoms with van der Waals surface area (Å²) in [6.45, 7) is 3.85. The molecule has 0 bridgehead atoms. The monoisotopic (exact) mass is 362 g/mol. The SMILES string of the molecule is Cc1ccc(-c2nnc([C@H]3CCN(C(=O)NCc4ccccc4)C3)o2)cc1. The fourth-order valence-electron chi connectivity index (χ4n) is 3.24. The number of nitrogens with zero attached hydrogens (tertiary/aromatic N) is 3. The van der Waals surface area contributed by atoms with E-state index < -0.39 is 0 Å². The molecule has 2 aromatic carbocycles. The standard InChI is InChI=1S/C21H22N4O2/c1-15-7-9-17(10-8-15)19-23-24-20(27-19)18-11-12-25(14-18)21(26)22-13-16-5-3-2-4-6-16/h2-10,18H,11-14H2,1H3,(H,22,26)/t18-/m0/s1. The van der Waals surface area contributed by atoms with Crippen LogP contribution in [0.2, 0.25) is 0 Å². The summed E-state index contributed by atoms with van der Waals surface area (Å²) in [6.07, 6.45) is 0.828. The number of rotatable bonds is 4. The fourth-order valence-corrected chi connectivity index (χ4v) is 3.24. The lowest BCUT2D eigenvalue weighted by molar-refractivity contribution is 0.207. The first kappa shape index (κ1) is 17.3. The van der Waals surface area contributed by atoms with E-state index in [1.54, 1.807) is 0 Å². The maximum atomic E-state index is 12.4. The van der Waals surface area contributed by atoms with Crippen LogP contribution >= 0.6 is 0 Å². The molecular weight excluding hydrogens is 340 g/mol. The van der Waals surface area contributed by atoms with E-state index in [2.05, 4.69) is 15.5 Å². The van der Waals surface area contributed by atoms with Crippen molar-refractivity contribution < 1.29 is 9.21 Å². The zero-order valence-corrected chi connectivity index (χ0v) is 15.3. The van der Waals surface area contributed by atoms with Crippen LogP contribution in [-0.4, -0.2) is 34.2 Å². The van der Waals surface area contributed by atoms with Crippen LogP contribution in [-0.2, 0) is 6.54 Å². The summed E-state index contributed by atoms with van der Waals surface area (Å²) in [5.41, 5.74) is 3.18. The molecule has 1 aliphatic heterocycles. The molecule has 1 N–H and O–H groups in total. The molecule has 27 heavy (non-hydrogen) atoms. The van der Waals surface area contributed by atoms with Gasteiger partial charge >= 0.3 is 6.03 Å². The molecule has 3 aromatic rings. The third-order valence-corrected chi connectivity index (χ3v) is 4.85. The van der Waals surface area contributed by atoms with Gasteiger partial charge in [-0.15, -0.1) is 10.2 Å². The Morgan fingerprint density at radius 1 is 1.15 bits per heavy atom. The van der Waals surface area contributed by atoms with Gasteiger partial charge in [-0.3, -0.25) is 0 Å². The molecule has 1 fully saturated rings. The maximum absolute atomic E-state index is 12.4. The van der Waals surface area contributed by atoms with E-state index in [-0.39, 0.29) is 11.9 Å². The van der Waals surface area contributed by atoms with Crippen LogP contribution in [0.25, 0.3) is 11.5 Å². The topological polar surface area (TPSA) is 71.3 Å². The van der Waals surface area contributed by atoms with Gasteiger partial charge in [0.2, 0.25) is 11.8 Å². The third-order valence-electron chi connectivity index (χ3n) is 4.85.